The van der Waals surface area contributed by atoms with Crippen LogP contribution in [-0.2, 0) is 15.6 Å². The first kappa shape index (κ1) is 49.9. The van der Waals surface area contributed by atoms with Crippen LogP contribution in [0.5, 0.6) is 0 Å². The van der Waals surface area contributed by atoms with Crippen molar-refractivity contribution in [3.63, 3.8) is 0 Å². The molecule has 5 rings (SSSR count). The number of carbonyl (C=O) groups is 2. The van der Waals surface area contributed by atoms with Gasteiger partial charge in [0, 0.05) is 5.56 Å². The van der Waals surface area contributed by atoms with E-state index in [-0.39, 0.29) is 28.8 Å². The minimum atomic E-state index is -7.22. The lowest BCUT2D eigenvalue weighted by Crippen LogP contribution is -2.81. The zero-order valence-corrected chi connectivity index (χ0v) is 32.2. The third kappa shape index (κ3) is 8.42. The molecule has 0 fully saturated rings. The summed E-state index contributed by atoms with van der Waals surface area (Å²) in [6, 6.07) is 6.65. The summed E-state index contributed by atoms with van der Waals surface area (Å²) in [7, 11) is 0.0908. The van der Waals surface area contributed by atoms with Gasteiger partial charge < -0.3 is 4.74 Å². The zero-order valence-electron chi connectivity index (χ0n) is 31.4. The summed E-state index contributed by atoms with van der Waals surface area (Å²) >= 11 is 0. The van der Waals surface area contributed by atoms with Crippen molar-refractivity contribution in [2.75, 3.05) is 18.3 Å². The highest BCUT2D eigenvalue weighted by molar-refractivity contribution is 7.96. The molecule has 0 aliphatic rings. The topological polar surface area (TPSA) is 43.4 Å². The number of ether oxygens (including phenoxy) is 1. The number of esters is 1. The molecule has 0 atom stereocenters. The van der Waals surface area contributed by atoms with Gasteiger partial charge in [-0.2, -0.15) is 0 Å². The monoisotopic (exact) mass is 946 g/mol. The SMILES string of the molecule is CC(C)OC(=O)c1ccc(C(=O)C[S+](C)C)cc1.Fc1c(F)c(F)c([B-](c2c(F)c(F)c(F)c(F)c2F)(c2c(F)c(F)c(F)c(F)c2F)c2c(F)c(F)c(F)c(F)c2F)c(F)c1F. The molecule has 5 aromatic carbocycles. The van der Waals surface area contributed by atoms with E-state index in [4.69, 9.17) is 4.74 Å². The van der Waals surface area contributed by atoms with E-state index >= 15 is 35.1 Å². The molecule has 0 heterocycles. The molecular weight excluding hydrogens is 927 g/mol. The van der Waals surface area contributed by atoms with E-state index in [1.54, 1.807) is 38.1 Å². The molecule has 0 saturated carbocycles. The van der Waals surface area contributed by atoms with E-state index in [2.05, 4.69) is 0 Å². The number of ketones is 1. The summed E-state index contributed by atoms with van der Waals surface area (Å²) in [6.45, 7) is 3.61. The first-order valence-corrected chi connectivity index (χ1v) is 18.9. The Bertz CT molecular complexity index is 2250. The second kappa shape index (κ2) is 18.5. The molecule has 0 aliphatic carbocycles. The molecule has 5 aromatic rings. The highest BCUT2D eigenvalue weighted by Crippen LogP contribution is 2.31. The maximum Gasteiger partial charge on any atom is 0.338 e. The van der Waals surface area contributed by atoms with Crippen molar-refractivity contribution in [2.24, 2.45) is 0 Å². The summed E-state index contributed by atoms with van der Waals surface area (Å²) in [5.41, 5.74) is -13.2. The van der Waals surface area contributed by atoms with Gasteiger partial charge in [0.1, 0.15) is 52.7 Å². The van der Waals surface area contributed by atoms with Crippen LogP contribution < -0.4 is 21.9 Å². The van der Waals surface area contributed by atoms with Crippen LogP contribution >= 0.6 is 0 Å². The number of hydrogen-bond acceptors (Lipinski definition) is 3. The van der Waals surface area contributed by atoms with Crippen LogP contribution in [-0.4, -0.2) is 42.3 Å². The summed E-state index contributed by atoms with van der Waals surface area (Å²) in [6.07, 6.45) is -3.29. The molecule has 0 amide bonds. The molecule has 0 saturated heterocycles. The Hall–Kier alpha value is -5.75. The molecule has 0 N–H and O–H groups in total. The number of hydrogen-bond donors (Lipinski definition) is 0. The molecule has 0 spiro atoms. The highest BCUT2D eigenvalue weighted by Gasteiger charge is 2.52. The van der Waals surface area contributed by atoms with Gasteiger partial charge in [-0.15, -0.1) is 21.9 Å². The predicted molar refractivity (Wildman–Crippen MR) is 185 cm³/mol. The molecule has 3 nitrogen and oxygen atoms in total. The molecule has 0 bridgehead atoms. The Morgan fingerprint density at radius 2 is 0.619 bits per heavy atom. The molecule has 0 radical (unpaired) electrons. The maximum absolute atomic E-state index is 15.4. The van der Waals surface area contributed by atoms with Crippen molar-refractivity contribution in [2.45, 2.75) is 20.0 Å². The molecule has 0 aromatic heterocycles. The van der Waals surface area contributed by atoms with Gasteiger partial charge in [-0.25, -0.2) is 92.6 Å². The lowest BCUT2D eigenvalue weighted by atomic mass is 9.12. The number of halogens is 20. The van der Waals surface area contributed by atoms with Gasteiger partial charge in [0.2, 0.25) is 5.78 Å². The van der Waals surface area contributed by atoms with E-state index in [0.717, 1.165) is 0 Å². The summed E-state index contributed by atoms with van der Waals surface area (Å²) in [5, 5.41) is 0. The van der Waals surface area contributed by atoms with Crippen molar-refractivity contribution in [1.82, 2.24) is 0 Å². The quantitative estimate of drug-likeness (QED) is 0.0285. The largest absolute Gasteiger partial charge is 0.459 e. The van der Waals surface area contributed by atoms with Gasteiger partial charge in [-0.3, -0.25) is 4.79 Å². The Morgan fingerprint density at radius 3 is 0.825 bits per heavy atom. The lowest BCUT2D eigenvalue weighted by molar-refractivity contribution is 0.0377. The Balaban J connectivity index is 0.000000405. The van der Waals surface area contributed by atoms with Crippen LogP contribution in [0.25, 0.3) is 0 Å². The third-order valence-corrected chi connectivity index (χ3v) is 9.75. The molecule has 338 valence electrons. The van der Waals surface area contributed by atoms with Crippen molar-refractivity contribution < 1.29 is 102 Å². The van der Waals surface area contributed by atoms with Crippen molar-refractivity contribution in [1.29, 1.82) is 0 Å². The first-order valence-electron chi connectivity index (χ1n) is 16.7. The molecule has 0 aliphatic heterocycles. The van der Waals surface area contributed by atoms with Gasteiger partial charge in [-0.05, 0) is 36.9 Å². The number of carbonyl (C=O) groups excluding carboxylic acids is 2. The van der Waals surface area contributed by atoms with E-state index in [9.17, 15) is 62.3 Å². The number of Topliss-reactive ketones (excluding diaryl/α,β-unsaturated/α-hetero) is 1. The Kier molecular flexibility index (Phi) is 14.7. The summed E-state index contributed by atoms with van der Waals surface area (Å²) in [4.78, 5) is 23.4. The standard InChI is InChI=1S/C24BF20.C14H19O3S/c26-5-1(6(27)14(35)21(42)13(5)34)25(2-7(28)15(36)22(43)16(37)8(2)29,3-9(30)17(38)23(44)18(39)10(3)31)4-11(32)19(40)24(45)20(41)12(4)33;1-10(2)17-14(16)12-7-5-11(6-8-12)13(15)9-18(3)4/h;5-8,10H,9H2,1-4H3/q-1;+1. The second-order valence-corrected chi connectivity index (χ2v) is 15.6. The highest BCUT2D eigenvalue weighted by atomic mass is 32.2. The molecule has 0 unspecified atom stereocenters. The predicted octanol–water partition coefficient (Wildman–Crippen LogP) is 8.16. The van der Waals surface area contributed by atoms with Crippen LogP contribution in [0, 0.1) is 116 Å². The second-order valence-electron chi connectivity index (χ2n) is 13.4. The summed E-state index contributed by atoms with van der Waals surface area (Å²) < 4.78 is 299. The van der Waals surface area contributed by atoms with Crippen LogP contribution in [0.3, 0.4) is 0 Å². The van der Waals surface area contributed by atoms with Gasteiger partial charge in [0.25, 0.3) is 0 Å². The molecule has 63 heavy (non-hydrogen) atoms. The van der Waals surface area contributed by atoms with Gasteiger partial charge >= 0.3 is 5.97 Å². The van der Waals surface area contributed by atoms with E-state index in [1.807, 2.05) is 12.5 Å². The summed E-state index contributed by atoms with van der Waals surface area (Å²) in [5.74, 6) is -71.1. The number of benzene rings is 5. The van der Waals surface area contributed by atoms with Gasteiger partial charge in [-0.1, -0.05) is 12.1 Å². The minimum absolute atomic E-state index is 0.0908. The fraction of sp³-hybridized carbons (Fsp3) is 0.158. The Labute approximate surface area is 342 Å². The van der Waals surface area contributed by atoms with Gasteiger partial charge in [0.05, 0.1) is 24.2 Å². The van der Waals surface area contributed by atoms with Crippen LogP contribution in [0.1, 0.15) is 34.6 Å². The maximum atomic E-state index is 15.4. The fourth-order valence-corrected chi connectivity index (χ4v) is 6.99. The van der Waals surface area contributed by atoms with Crippen LogP contribution in [0.2, 0.25) is 0 Å². The van der Waals surface area contributed by atoms with Gasteiger partial charge in [0.15, 0.2) is 75.6 Å². The molecule has 25 heteroatoms. The van der Waals surface area contributed by atoms with E-state index < -0.39 is 144 Å². The fourth-order valence-electron chi connectivity index (χ4n) is 6.29. The smallest absolute Gasteiger partial charge is 0.338 e. The van der Waals surface area contributed by atoms with Crippen molar-refractivity contribution in [3.8, 4) is 0 Å². The first-order chi connectivity index (χ1) is 29.1. The van der Waals surface area contributed by atoms with E-state index in [0.29, 0.717) is 16.9 Å². The van der Waals surface area contributed by atoms with Crippen LogP contribution in [0.4, 0.5) is 87.8 Å². The molecular formula is C38H19BF20O3S. The minimum Gasteiger partial charge on any atom is -0.459 e. The van der Waals surface area contributed by atoms with Crippen molar-refractivity contribution >= 4 is 50.6 Å². The zero-order chi connectivity index (χ0) is 48.1. The van der Waals surface area contributed by atoms with Crippen molar-refractivity contribution in [3.05, 3.63) is 152 Å². The van der Waals surface area contributed by atoms with Crippen LogP contribution in [0.15, 0.2) is 24.3 Å². The Morgan fingerprint density at radius 1 is 0.413 bits per heavy atom. The average Bonchev–Trinajstić information content (AvgIpc) is 3.23. The normalized spacial score (nSPS) is 11.7. The third-order valence-electron chi connectivity index (χ3n) is 8.91. The van der Waals surface area contributed by atoms with E-state index in [1.165, 1.54) is 0 Å². The lowest BCUT2D eigenvalue weighted by Gasteiger charge is -2.44. The average molecular weight is 946 g/mol. The number of rotatable bonds is 9.